The molecule has 18 heavy (non-hydrogen) atoms. The maximum Gasteiger partial charge on any atom is 0.268 e. The Balaban J connectivity index is 1.87. The van der Waals surface area contributed by atoms with Crippen LogP contribution in [0.4, 0.5) is 0 Å². The predicted molar refractivity (Wildman–Crippen MR) is 69.4 cm³/mol. The molecule has 0 radical (unpaired) electrons. The van der Waals surface area contributed by atoms with Crippen LogP contribution < -0.4 is 5.43 Å². The average molecular weight is 250 g/mol. The molecular weight excluding hydrogens is 228 g/mol. The van der Waals surface area contributed by atoms with Crippen molar-refractivity contribution in [2.75, 3.05) is 0 Å². The van der Waals surface area contributed by atoms with E-state index >= 15 is 0 Å². The Morgan fingerprint density at radius 3 is 2.28 bits per heavy atom. The van der Waals surface area contributed by atoms with Crippen molar-refractivity contribution >= 4 is 11.8 Å². The fourth-order valence-corrected chi connectivity index (χ4v) is 2.72. The number of hydrogen-bond donors (Lipinski definition) is 1. The molecule has 1 N–H and O–H groups in total. The van der Waals surface area contributed by atoms with Crippen molar-refractivity contribution in [3.8, 4) is 0 Å². The first-order valence-electron chi connectivity index (χ1n) is 6.99. The summed E-state index contributed by atoms with van der Waals surface area (Å²) in [5.41, 5.74) is 3.10. The Bertz CT molecular complexity index is 334. The van der Waals surface area contributed by atoms with Gasteiger partial charge in [-0.05, 0) is 18.8 Å². The summed E-state index contributed by atoms with van der Waals surface area (Å²) in [6.07, 6.45) is 10.9. The van der Waals surface area contributed by atoms with Gasteiger partial charge >= 0.3 is 0 Å². The topological polar surface area (TPSA) is 49.4 Å². The van der Waals surface area contributed by atoms with Gasteiger partial charge in [0.1, 0.15) is 0 Å². The summed E-state index contributed by atoms with van der Waals surface area (Å²) < 4.78 is 0. The smallest absolute Gasteiger partial charge is 0.268 e. The zero-order chi connectivity index (χ0) is 13.0. The Morgan fingerprint density at radius 1 is 1.00 bits per heavy atom. The SMILES string of the molecule is CC1CCCCC(NN2C(=O)C=CC2=O)CCC1. The number of nitrogens with one attached hydrogen (secondary N) is 1. The van der Waals surface area contributed by atoms with Crippen LogP contribution >= 0.6 is 0 Å². The summed E-state index contributed by atoms with van der Waals surface area (Å²) in [5.74, 6) is 0.321. The monoisotopic (exact) mass is 250 g/mol. The molecule has 2 aliphatic rings. The van der Waals surface area contributed by atoms with Gasteiger partial charge in [0.15, 0.2) is 0 Å². The van der Waals surface area contributed by atoms with E-state index in [2.05, 4.69) is 12.3 Å². The summed E-state index contributed by atoms with van der Waals surface area (Å²) in [4.78, 5) is 23.0. The van der Waals surface area contributed by atoms with Crippen molar-refractivity contribution in [3.63, 3.8) is 0 Å². The first-order valence-corrected chi connectivity index (χ1v) is 6.99. The lowest BCUT2D eigenvalue weighted by Gasteiger charge is -2.23. The quantitative estimate of drug-likeness (QED) is 0.764. The van der Waals surface area contributed by atoms with Crippen molar-refractivity contribution in [3.05, 3.63) is 12.2 Å². The van der Waals surface area contributed by atoms with Crippen LogP contribution in [0.2, 0.25) is 0 Å². The molecule has 1 heterocycles. The van der Waals surface area contributed by atoms with Gasteiger partial charge in [0, 0.05) is 18.2 Å². The molecule has 2 rings (SSSR count). The number of carbonyl (C=O) groups excluding carboxylic acids is 2. The number of amides is 2. The molecule has 2 atom stereocenters. The molecule has 4 heteroatoms. The van der Waals surface area contributed by atoms with Gasteiger partial charge in [0.25, 0.3) is 11.8 Å². The van der Waals surface area contributed by atoms with Gasteiger partial charge in [-0.15, -0.1) is 0 Å². The van der Waals surface area contributed by atoms with Crippen LogP contribution in [0, 0.1) is 5.92 Å². The summed E-state index contributed by atoms with van der Waals surface area (Å²) in [5, 5.41) is 1.16. The Kier molecular flexibility index (Phi) is 4.53. The van der Waals surface area contributed by atoms with Crippen LogP contribution in [0.25, 0.3) is 0 Å². The van der Waals surface area contributed by atoms with Crippen molar-refractivity contribution < 1.29 is 9.59 Å². The lowest BCUT2D eigenvalue weighted by Crippen LogP contribution is -2.48. The van der Waals surface area contributed by atoms with Crippen molar-refractivity contribution in [1.82, 2.24) is 10.4 Å². The van der Waals surface area contributed by atoms with E-state index in [9.17, 15) is 9.59 Å². The number of nitrogens with zero attached hydrogens (tertiary/aromatic N) is 1. The van der Waals surface area contributed by atoms with Crippen molar-refractivity contribution in [2.45, 2.75) is 57.9 Å². The van der Waals surface area contributed by atoms with Crippen molar-refractivity contribution in [2.24, 2.45) is 5.92 Å². The summed E-state index contributed by atoms with van der Waals surface area (Å²) in [6.45, 7) is 2.31. The molecule has 0 bridgehead atoms. The van der Waals surface area contributed by atoms with E-state index < -0.39 is 0 Å². The summed E-state index contributed by atoms with van der Waals surface area (Å²) >= 11 is 0. The van der Waals surface area contributed by atoms with Gasteiger partial charge in [0.05, 0.1) is 0 Å². The number of hydrogen-bond acceptors (Lipinski definition) is 3. The second-order valence-corrected chi connectivity index (χ2v) is 5.49. The molecule has 0 aromatic rings. The standard InChI is InChI=1S/C14H22N2O2/c1-11-5-2-3-7-12(8-4-6-11)15-16-13(17)9-10-14(16)18/h9-12,15H,2-8H2,1H3. The van der Waals surface area contributed by atoms with E-state index in [-0.39, 0.29) is 17.9 Å². The third-order valence-electron chi connectivity index (χ3n) is 3.87. The molecule has 1 aliphatic heterocycles. The second kappa shape index (κ2) is 6.14. The molecule has 100 valence electrons. The van der Waals surface area contributed by atoms with Gasteiger partial charge in [-0.2, -0.15) is 0 Å². The third-order valence-corrected chi connectivity index (χ3v) is 3.87. The summed E-state index contributed by atoms with van der Waals surface area (Å²) in [7, 11) is 0. The highest BCUT2D eigenvalue weighted by molar-refractivity contribution is 6.12. The zero-order valence-corrected chi connectivity index (χ0v) is 11.0. The first-order chi connectivity index (χ1) is 8.66. The minimum absolute atomic E-state index is 0.242. The third kappa shape index (κ3) is 3.42. The van der Waals surface area contributed by atoms with E-state index in [1.54, 1.807) is 0 Å². The van der Waals surface area contributed by atoms with E-state index in [1.165, 1.54) is 44.3 Å². The Morgan fingerprint density at radius 2 is 1.56 bits per heavy atom. The minimum atomic E-state index is -0.242. The van der Waals surface area contributed by atoms with Gasteiger partial charge in [0.2, 0.25) is 0 Å². The van der Waals surface area contributed by atoms with Crippen molar-refractivity contribution in [1.29, 1.82) is 0 Å². The molecule has 2 amide bonds. The van der Waals surface area contributed by atoms with E-state index in [0.29, 0.717) is 0 Å². The van der Waals surface area contributed by atoms with E-state index in [0.717, 1.165) is 23.8 Å². The average Bonchev–Trinajstić information content (AvgIpc) is 2.69. The molecule has 0 aromatic carbocycles. The fraction of sp³-hybridized carbons (Fsp3) is 0.714. The molecule has 4 nitrogen and oxygen atoms in total. The maximum atomic E-state index is 11.5. The van der Waals surface area contributed by atoms with Crippen LogP contribution in [0.1, 0.15) is 51.9 Å². The fourth-order valence-electron chi connectivity index (χ4n) is 2.72. The number of hydrazine groups is 1. The highest BCUT2D eigenvalue weighted by Gasteiger charge is 2.26. The Hall–Kier alpha value is -1.16. The van der Waals surface area contributed by atoms with Gasteiger partial charge in [-0.25, -0.2) is 10.4 Å². The van der Waals surface area contributed by atoms with Crippen LogP contribution in [0.15, 0.2) is 12.2 Å². The lowest BCUT2D eigenvalue weighted by molar-refractivity contribution is -0.141. The number of rotatable bonds is 2. The largest absolute Gasteiger partial charge is 0.268 e. The molecule has 0 saturated heterocycles. The Labute approximate surface area is 108 Å². The maximum absolute atomic E-state index is 11.5. The molecule has 1 aliphatic carbocycles. The van der Waals surface area contributed by atoms with Crippen LogP contribution in [0.3, 0.4) is 0 Å². The zero-order valence-electron chi connectivity index (χ0n) is 11.0. The van der Waals surface area contributed by atoms with Gasteiger partial charge in [-0.1, -0.05) is 39.0 Å². The molecule has 2 unspecified atom stereocenters. The van der Waals surface area contributed by atoms with Crippen LogP contribution in [-0.4, -0.2) is 22.9 Å². The molecule has 1 fully saturated rings. The number of carbonyl (C=O) groups is 2. The minimum Gasteiger partial charge on any atom is -0.268 e. The molecule has 0 aromatic heterocycles. The van der Waals surface area contributed by atoms with Gasteiger partial charge < -0.3 is 0 Å². The number of imide groups is 1. The normalized spacial score (nSPS) is 30.2. The van der Waals surface area contributed by atoms with Gasteiger partial charge in [-0.3, -0.25) is 9.59 Å². The predicted octanol–water partition coefficient (Wildman–Crippen LogP) is 2.17. The van der Waals surface area contributed by atoms with E-state index in [4.69, 9.17) is 0 Å². The van der Waals surface area contributed by atoms with Crippen LogP contribution in [-0.2, 0) is 9.59 Å². The first kappa shape index (κ1) is 13.3. The second-order valence-electron chi connectivity index (χ2n) is 5.49. The highest BCUT2D eigenvalue weighted by atomic mass is 16.2. The van der Waals surface area contributed by atoms with Crippen LogP contribution in [0.5, 0.6) is 0 Å². The highest BCUT2D eigenvalue weighted by Crippen LogP contribution is 2.22. The summed E-state index contributed by atoms with van der Waals surface area (Å²) in [6, 6.07) is 0.253. The lowest BCUT2D eigenvalue weighted by atomic mass is 9.99. The van der Waals surface area contributed by atoms with E-state index in [1.807, 2.05) is 0 Å². The molecular formula is C14H22N2O2. The molecule has 0 spiro atoms. The molecule has 1 saturated carbocycles.